The Bertz CT molecular complexity index is 359. The van der Waals surface area contributed by atoms with Crippen molar-refractivity contribution in [2.24, 2.45) is 5.73 Å². The number of hydrogen-bond acceptors (Lipinski definition) is 5. The first-order valence-corrected chi connectivity index (χ1v) is 4.93. The largest absolute Gasteiger partial charge is 0.468 e. The number of carbonyl (C=O) groups excluding carboxylic acids is 1. The van der Waals surface area contributed by atoms with Crippen LogP contribution in [0.25, 0.3) is 0 Å². The molecule has 2 rings (SSSR count). The van der Waals surface area contributed by atoms with Crippen LogP contribution in [0.4, 0.5) is 0 Å². The Morgan fingerprint density at radius 2 is 2.53 bits per heavy atom. The summed E-state index contributed by atoms with van der Waals surface area (Å²) in [5, 5.41) is 4.25. The van der Waals surface area contributed by atoms with Crippen LogP contribution >= 0.6 is 0 Å². The molecule has 0 aromatic carbocycles. The molecule has 6 nitrogen and oxygen atoms in total. The fourth-order valence-electron chi connectivity index (χ4n) is 1.35. The Labute approximate surface area is 87.4 Å². The standard InChI is InChI=1S/C9H14N4O2/c1-15-9(14)7(10)4-13-5-11-8(12-13)6-2-3-6/h5-7H,2-4,10H2,1H3. The number of nitrogens with two attached hydrogens (primary N) is 1. The zero-order valence-electron chi connectivity index (χ0n) is 8.59. The predicted octanol–water partition coefficient (Wildman–Crippen LogP) is -0.344. The van der Waals surface area contributed by atoms with Gasteiger partial charge in [0, 0.05) is 5.92 Å². The molecule has 1 unspecified atom stereocenters. The number of esters is 1. The number of carbonyl (C=O) groups is 1. The molecule has 1 atom stereocenters. The average molecular weight is 210 g/mol. The van der Waals surface area contributed by atoms with Gasteiger partial charge in [0.2, 0.25) is 0 Å². The van der Waals surface area contributed by atoms with Crippen LogP contribution in [-0.2, 0) is 16.1 Å². The molecule has 1 heterocycles. The lowest BCUT2D eigenvalue weighted by atomic mass is 10.3. The first kappa shape index (κ1) is 10.1. The van der Waals surface area contributed by atoms with E-state index >= 15 is 0 Å². The normalized spacial score (nSPS) is 17.5. The van der Waals surface area contributed by atoms with E-state index in [9.17, 15) is 4.79 Å². The highest BCUT2D eigenvalue weighted by molar-refractivity contribution is 5.75. The second-order valence-electron chi connectivity index (χ2n) is 3.73. The number of nitrogens with zero attached hydrogens (tertiary/aromatic N) is 3. The molecule has 0 radical (unpaired) electrons. The number of methoxy groups -OCH3 is 1. The summed E-state index contributed by atoms with van der Waals surface area (Å²) in [5.41, 5.74) is 5.60. The van der Waals surface area contributed by atoms with Crippen LogP contribution in [0.15, 0.2) is 6.33 Å². The van der Waals surface area contributed by atoms with Crippen LogP contribution in [0.2, 0.25) is 0 Å². The highest BCUT2D eigenvalue weighted by atomic mass is 16.5. The molecule has 0 aliphatic heterocycles. The molecular formula is C9H14N4O2. The van der Waals surface area contributed by atoms with Gasteiger partial charge in [-0.25, -0.2) is 4.98 Å². The van der Waals surface area contributed by atoms with Crippen molar-refractivity contribution in [1.29, 1.82) is 0 Å². The van der Waals surface area contributed by atoms with Gasteiger partial charge in [-0.2, -0.15) is 5.10 Å². The molecule has 1 aromatic heterocycles. The van der Waals surface area contributed by atoms with Gasteiger partial charge < -0.3 is 10.5 Å². The minimum atomic E-state index is -0.677. The van der Waals surface area contributed by atoms with E-state index in [0.29, 0.717) is 12.5 Å². The molecule has 15 heavy (non-hydrogen) atoms. The minimum Gasteiger partial charge on any atom is -0.468 e. The van der Waals surface area contributed by atoms with Crippen molar-refractivity contribution in [2.75, 3.05) is 7.11 Å². The maximum absolute atomic E-state index is 11.1. The van der Waals surface area contributed by atoms with E-state index in [1.165, 1.54) is 7.11 Å². The molecular weight excluding hydrogens is 196 g/mol. The van der Waals surface area contributed by atoms with E-state index in [2.05, 4.69) is 14.8 Å². The summed E-state index contributed by atoms with van der Waals surface area (Å²) in [6.45, 7) is 0.312. The van der Waals surface area contributed by atoms with Gasteiger partial charge in [-0.15, -0.1) is 0 Å². The van der Waals surface area contributed by atoms with Gasteiger partial charge in [-0.05, 0) is 12.8 Å². The minimum absolute atomic E-state index is 0.312. The van der Waals surface area contributed by atoms with E-state index in [0.717, 1.165) is 18.7 Å². The third-order valence-electron chi connectivity index (χ3n) is 2.38. The second-order valence-corrected chi connectivity index (χ2v) is 3.73. The highest BCUT2D eigenvalue weighted by Gasteiger charge is 2.27. The quantitative estimate of drug-likeness (QED) is 0.687. The van der Waals surface area contributed by atoms with Gasteiger partial charge in [-0.1, -0.05) is 0 Å². The van der Waals surface area contributed by atoms with Crippen LogP contribution < -0.4 is 5.73 Å². The maximum atomic E-state index is 11.1. The zero-order valence-corrected chi connectivity index (χ0v) is 8.59. The number of aromatic nitrogens is 3. The Hall–Kier alpha value is -1.43. The third kappa shape index (κ3) is 2.33. The lowest BCUT2D eigenvalue weighted by Gasteiger charge is -2.07. The molecule has 0 saturated heterocycles. The van der Waals surface area contributed by atoms with Gasteiger partial charge >= 0.3 is 5.97 Å². The van der Waals surface area contributed by atoms with Crippen LogP contribution in [0.5, 0.6) is 0 Å². The number of hydrogen-bond donors (Lipinski definition) is 1. The van der Waals surface area contributed by atoms with Gasteiger partial charge in [-0.3, -0.25) is 9.48 Å². The molecule has 1 aliphatic carbocycles. The van der Waals surface area contributed by atoms with E-state index in [4.69, 9.17) is 5.73 Å². The SMILES string of the molecule is COC(=O)C(N)Cn1cnc(C2CC2)n1. The van der Waals surface area contributed by atoms with E-state index < -0.39 is 12.0 Å². The average Bonchev–Trinajstić information content (AvgIpc) is 2.99. The van der Waals surface area contributed by atoms with Crippen molar-refractivity contribution in [3.8, 4) is 0 Å². The third-order valence-corrected chi connectivity index (χ3v) is 2.38. The smallest absolute Gasteiger partial charge is 0.324 e. The van der Waals surface area contributed by atoms with Crippen molar-refractivity contribution >= 4 is 5.97 Å². The van der Waals surface area contributed by atoms with E-state index in [1.807, 2.05) is 0 Å². The molecule has 82 valence electrons. The molecule has 1 aliphatic rings. The molecule has 2 N–H and O–H groups in total. The van der Waals surface area contributed by atoms with Crippen molar-refractivity contribution in [3.63, 3.8) is 0 Å². The van der Waals surface area contributed by atoms with Gasteiger partial charge in [0.25, 0.3) is 0 Å². The maximum Gasteiger partial charge on any atom is 0.324 e. The Kier molecular flexibility index (Phi) is 2.68. The van der Waals surface area contributed by atoms with Crippen LogP contribution in [-0.4, -0.2) is 33.9 Å². The molecule has 0 spiro atoms. The fraction of sp³-hybridized carbons (Fsp3) is 0.667. The Morgan fingerprint density at radius 3 is 3.13 bits per heavy atom. The van der Waals surface area contributed by atoms with Crippen molar-refractivity contribution < 1.29 is 9.53 Å². The topological polar surface area (TPSA) is 83.0 Å². The highest BCUT2D eigenvalue weighted by Crippen LogP contribution is 2.37. The lowest BCUT2D eigenvalue weighted by Crippen LogP contribution is -2.36. The lowest BCUT2D eigenvalue weighted by molar-refractivity contribution is -0.142. The summed E-state index contributed by atoms with van der Waals surface area (Å²) in [6, 6.07) is -0.677. The van der Waals surface area contributed by atoms with E-state index in [-0.39, 0.29) is 0 Å². The first-order valence-electron chi connectivity index (χ1n) is 4.93. The molecule has 0 bridgehead atoms. The summed E-state index contributed by atoms with van der Waals surface area (Å²) in [7, 11) is 1.32. The summed E-state index contributed by atoms with van der Waals surface area (Å²) >= 11 is 0. The zero-order chi connectivity index (χ0) is 10.8. The molecule has 0 amide bonds. The van der Waals surface area contributed by atoms with Crippen molar-refractivity contribution in [3.05, 3.63) is 12.2 Å². The van der Waals surface area contributed by atoms with Crippen LogP contribution in [0.1, 0.15) is 24.6 Å². The molecule has 1 saturated carbocycles. The Morgan fingerprint density at radius 1 is 1.80 bits per heavy atom. The fourth-order valence-corrected chi connectivity index (χ4v) is 1.35. The summed E-state index contributed by atoms with van der Waals surface area (Å²) < 4.78 is 6.12. The van der Waals surface area contributed by atoms with Crippen molar-refractivity contribution in [2.45, 2.75) is 31.3 Å². The summed E-state index contributed by atoms with van der Waals surface area (Å²) in [5.74, 6) is 0.936. The van der Waals surface area contributed by atoms with Crippen LogP contribution in [0.3, 0.4) is 0 Å². The molecule has 1 aromatic rings. The number of ether oxygens (including phenoxy) is 1. The monoisotopic (exact) mass is 210 g/mol. The molecule has 1 fully saturated rings. The van der Waals surface area contributed by atoms with Gasteiger partial charge in [0.05, 0.1) is 13.7 Å². The number of rotatable bonds is 4. The first-order chi connectivity index (χ1) is 7.20. The van der Waals surface area contributed by atoms with E-state index in [1.54, 1.807) is 11.0 Å². The van der Waals surface area contributed by atoms with Gasteiger partial charge in [0.1, 0.15) is 12.4 Å². The summed E-state index contributed by atoms with van der Waals surface area (Å²) in [4.78, 5) is 15.2. The molecule has 6 heteroatoms. The van der Waals surface area contributed by atoms with Crippen LogP contribution in [0, 0.1) is 0 Å². The van der Waals surface area contributed by atoms with Crippen molar-refractivity contribution in [1.82, 2.24) is 14.8 Å². The predicted molar refractivity (Wildman–Crippen MR) is 52.0 cm³/mol. The Balaban J connectivity index is 1.94. The second kappa shape index (κ2) is 3.98. The summed E-state index contributed by atoms with van der Waals surface area (Å²) in [6.07, 6.45) is 3.93. The van der Waals surface area contributed by atoms with Gasteiger partial charge in [0.15, 0.2) is 5.82 Å².